The summed E-state index contributed by atoms with van der Waals surface area (Å²) in [5.74, 6) is -0.169. The van der Waals surface area contributed by atoms with Gasteiger partial charge in [-0.2, -0.15) is 5.26 Å². The first-order chi connectivity index (χ1) is 15.5. The first-order valence-electron chi connectivity index (χ1n) is 10.0. The number of nitrogens with zero attached hydrogens (tertiary/aromatic N) is 5. The van der Waals surface area contributed by atoms with E-state index in [-0.39, 0.29) is 16.4 Å². The van der Waals surface area contributed by atoms with Crippen LogP contribution in [0.5, 0.6) is 0 Å². The quantitative estimate of drug-likeness (QED) is 0.490. The van der Waals surface area contributed by atoms with E-state index >= 15 is 0 Å². The van der Waals surface area contributed by atoms with Crippen LogP contribution in [0.2, 0.25) is 0 Å². The van der Waals surface area contributed by atoms with Crippen LogP contribution in [0.3, 0.4) is 0 Å². The maximum Gasteiger partial charge on any atom is 0.242 e. The predicted octanol–water partition coefficient (Wildman–Crippen LogP) is 3.88. The molecule has 4 aromatic rings. The highest BCUT2D eigenvalue weighted by atomic mass is 32.2. The molecule has 4 rings (SSSR count). The van der Waals surface area contributed by atoms with Gasteiger partial charge in [0.1, 0.15) is 16.8 Å². The molecular formula is C23H21FN6O2S. The third-order valence-corrected chi connectivity index (χ3v) is 6.58. The Kier molecular flexibility index (Phi) is 5.47. The molecule has 0 amide bonds. The third-order valence-electron chi connectivity index (χ3n) is 4.84. The highest BCUT2D eigenvalue weighted by molar-refractivity contribution is 7.89. The molecule has 0 radical (unpaired) electrons. The molecule has 0 saturated carbocycles. The summed E-state index contributed by atoms with van der Waals surface area (Å²) in [6.45, 7) is 6.85. The van der Waals surface area contributed by atoms with Crippen LogP contribution < -0.4 is 4.72 Å². The van der Waals surface area contributed by atoms with E-state index in [1.54, 1.807) is 56.8 Å². The Morgan fingerprint density at radius 3 is 2.39 bits per heavy atom. The highest BCUT2D eigenvalue weighted by Crippen LogP contribution is 2.35. The normalized spacial score (nSPS) is 12.1. The lowest BCUT2D eigenvalue weighted by molar-refractivity contribution is 0.491. The van der Waals surface area contributed by atoms with Gasteiger partial charge in [-0.3, -0.25) is 9.55 Å². The molecule has 0 aliphatic rings. The van der Waals surface area contributed by atoms with Crippen LogP contribution in [0.15, 0.2) is 53.8 Å². The molecule has 0 unspecified atom stereocenters. The Balaban J connectivity index is 1.97. The lowest BCUT2D eigenvalue weighted by atomic mass is 10.1. The number of aryl methyl sites for hydroxylation is 1. The fourth-order valence-electron chi connectivity index (χ4n) is 3.52. The van der Waals surface area contributed by atoms with Gasteiger partial charge >= 0.3 is 0 Å². The highest BCUT2D eigenvalue weighted by Gasteiger charge is 2.25. The average Bonchev–Trinajstić information content (AvgIpc) is 3.06. The standard InChI is InChI=1S/C23H21FN6O2S/c1-14-10-20-16(11-18(14)24)17(12-25)21(30(20)22-26-8-5-9-27-22)19-7-6-15(13-28-19)33(31,32)29-23(2,3)4/h5-11,13,29H,1-4H3. The second-order valence-electron chi connectivity index (χ2n) is 8.57. The zero-order valence-electron chi connectivity index (χ0n) is 18.5. The first-order valence-corrected chi connectivity index (χ1v) is 11.5. The topological polar surface area (TPSA) is 114 Å². The van der Waals surface area contributed by atoms with E-state index in [1.165, 1.54) is 24.4 Å². The smallest absolute Gasteiger partial charge is 0.242 e. The molecule has 1 N–H and O–H groups in total. The molecule has 3 aromatic heterocycles. The number of benzene rings is 1. The Hall–Kier alpha value is -3.68. The molecule has 168 valence electrons. The van der Waals surface area contributed by atoms with Crippen LogP contribution in [0.1, 0.15) is 31.9 Å². The number of hydrogen-bond acceptors (Lipinski definition) is 6. The third kappa shape index (κ3) is 4.20. The monoisotopic (exact) mass is 464 g/mol. The Labute approximate surface area is 190 Å². The van der Waals surface area contributed by atoms with Crippen LogP contribution in [0.4, 0.5) is 4.39 Å². The Morgan fingerprint density at radius 2 is 1.82 bits per heavy atom. The minimum absolute atomic E-state index is 0.0137. The summed E-state index contributed by atoms with van der Waals surface area (Å²) in [6.07, 6.45) is 4.34. The van der Waals surface area contributed by atoms with E-state index in [0.29, 0.717) is 27.9 Å². The fraction of sp³-hybridized carbons (Fsp3) is 0.217. The number of nitrogens with one attached hydrogen (secondary N) is 1. The number of rotatable bonds is 4. The van der Waals surface area contributed by atoms with Gasteiger partial charge in [0.2, 0.25) is 16.0 Å². The summed E-state index contributed by atoms with van der Waals surface area (Å²) in [5, 5.41) is 10.3. The van der Waals surface area contributed by atoms with E-state index in [0.717, 1.165) is 0 Å². The number of fused-ring (bicyclic) bond motifs is 1. The van der Waals surface area contributed by atoms with Crippen LogP contribution >= 0.6 is 0 Å². The molecule has 0 bridgehead atoms. The van der Waals surface area contributed by atoms with E-state index in [1.807, 2.05) is 0 Å². The summed E-state index contributed by atoms with van der Waals surface area (Å²) in [6, 6.07) is 9.64. The molecule has 10 heteroatoms. The summed E-state index contributed by atoms with van der Waals surface area (Å²) in [7, 11) is -3.79. The molecule has 33 heavy (non-hydrogen) atoms. The van der Waals surface area contributed by atoms with Crippen LogP contribution in [0.25, 0.3) is 28.2 Å². The zero-order valence-corrected chi connectivity index (χ0v) is 19.3. The lowest BCUT2D eigenvalue weighted by Gasteiger charge is -2.20. The van der Waals surface area contributed by atoms with E-state index < -0.39 is 21.4 Å². The van der Waals surface area contributed by atoms with Crippen LogP contribution in [0, 0.1) is 24.1 Å². The van der Waals surface area contributed by atoms with Gasteiger partial charge in [0.05, 0.1) is 22.5 Å². The molecule has 3 heterocycles. The van der Waals surface area contributed by atoms with Gasteiger partial charge in [0.25, 0.3) is 0 Å². The number of nitriles is 1. The van der Waals surface area contributed by atoms with Crippen molar-refractivity contribution in [3.05, 3.63) is 65.9 Å². The van der Waals surface area contributed by atoms with Gasteiger partial charge in [-0.1, -0.05) is 0 Å². The summed E-state index contributed by atoms with van der Waals surface area (Å²) in [4.78, 5) is 12.9. The number of sulfonamides is 1. The summed E-state index contributed by atoms with van der Waals surface area (Å²) in [5.41, 5.74) is 1.13. The van der Waals surface area contributed by atoms with Crippen molar-refractivity contribution >= 4 is 20.9 Å². The number of pyridine rings is 1. The van der Waals surface area contributed by atoms with Gasteiger partial charge in [0, 0.05) is 29.5 Å². The number of aromatic nitrogens is 4. The predicted molar refractivity (Wildman–Crippen MR) is 122 cm³/mol. The lowest BCUT2D eigenvalue weighted by Crippen LogP contribution is -2.40. The van der Waals surface area contributed by atoms with Crippen molar-refractivity contribution in [3.63, 3.8) is 0 Å². The maximum absolute atomic E-state index is 14.4. The number of halogens is 1. The van der Waals surface area contributed by atoms with E-state index in [9.17, 15) is 18.1 Å². The average molecular weight is 465 g/mol. The largest absolute Gasteiger partial charge is 0.275 e. The zero-order chi connectivity index (χ0) is 24.0. The Morgan fingerprint density at radius 1 is 1.12 bits per heavy atom. The summed E-state index contributed by atoms with van der Waals surface area (Å²) >= 11 is 0. The van der Waals surface area contributed by atoms with Crippen molar-refractivity contribution in [1.82, 2.24) is 24.2 Å². The second kappa shape index (κ2) is 8.03. The minimum atomic E-state index is -3.79. The van der Waals surface area contributed by atoms with Gasteiger partial charge in [0.15, 0.2) is 0 Å². The number of hydrogen-bond donors (Lipinski definition) is 1. The van der Waals surface area contributed by atoms with Crippen molar-refractivity contribution < 1.29 is 12.8 Å². The van der Waals surface area contributed by atoms with Gasteiger partial charge in [-0.15, -0.1) is 0 Å². The molecule has 0 saturated heterocycles. The van der Waals surface area contributed by atoms with Crippen LogP contribution in [-0.2, 0) is 10.0 Å². The molecule has 1 aromatic carbocycles. The van der Waals surface area contributed by atoms with Crippen molar-refractivity contribution in [1.29, 1.82) is 5.26 Å². The van der Waals surface area contributed by atoms with Crippen molar-refractivity contribution in [2.45, 2.75) is 38.1 Å². The first kappa shape index (κ1) is 22.5. The van der Waals surface area contributed by atoms with Crippen LogP contribution in [-0.4, -0.2) is 33.5 Å². The molecule has 0 aliphatic carbocycles. The van der Waals surface area contributed by atoms with Crippen molar-refractivity contribution in [3.8, 4) is 23.4 Å². The fourth-order valence-corrected chi connectivity index (χ4v) is 4.89. The minimum Gasteiger partial charge on any atom is -0.275 e. The van der Waals surface area contributed by atoms with E-state index in [4.69, 9.17) is 0 Å². The molecule has 0 atom stereocenters. The van der Waals surface area contributed by atoms with Crippen molar-refractivity contribution in [2.75, 3.05) is 0 Å². The molecule has 0 fully saturated rings. The van der Waals surface area contributed by atoms with E-state index in [2.05, 4.69) is 25.7 Å². The van der Waals surface area contributed by atoms with Gasteiger partial charge in [-0.05, 0) is 63.6 Å². The molecule has 0 aliphatic heterocycles. The summed E-state index contributed by atoms with van der Waals surface area (Å²) < 4.78 is 43.9. The SMILES string of the molecule is Cc1cc2c(cc1F)c(C#N)c(-c1ccc(S(=O)(=O)NC(C)(C)C)cn1)n2-c1ncccn1. The second-order valence-corrected chi connectivity index (χ2v) is 10.3. The molecule has 8 nitrogen and oxygen atoms in total. The molecular weight excluding hydrogens is 443 g/mol. The maximum atomic E-state index is 14.4. The Bertz CT molecular complexity index is 1500. The molecule has 0 spiro atoms. The van der Waals surface area contributed by atoms with Crippen molar-refractivity contribution in [2.24, 2.45) is 0 Å². The van der Waals surface area contributed by atoms with Gasteiger partial charge in [-0.25, -0.2) is 27.5 Å². The van der Waals surface area contributed by atoms with Gasteiger partial charge < -0.3 is 0 Å².